The highest BCUT2D eigenvalue weighted by molar-refractivity contribution is 6.32. The maximum absolute atomic E-state index is 12.5. The topological polar surface area (TPSA) is 107 Å². The van der Waals surface area contributed by atoms with Gasteiger partial charge in [0.1, 0.15) is 11.5 Å². The maximum Gasteiger partial charge on any atom is 0.322 e. The van der Waals surface area contributed by atoms with Gasteiger partial charge in [0.05, 0.1) is 24.7 Å². The molecule has 2 heterocycles. The van der Waals surface area contributed by atoms with Crippen molar-refractivity contribution in [3.05, 3.63) is 58.9 Å². The summed E-state index contributed by atoms with van der Waals surface area (Å²) in [5.41, 5.74) is 1.08. The van der Waals surface area contributed by atoms with Crippen molar-refractivity contribution in [3.8, 4) is 11.5 Å². The Bertz CT molecular complexity index is 1130. The molecule has 1 aliphatic rings. The number of hydrogen-bond acceptors (Lipinski definition) is 7. The number of carbonyl (C=O) groups excluding carboxylic acids is 2. The van der Waals surface area contributed by atoms with Gasteiger partial charge in [-0.25, -0.2) is 0 Å². The van der Waals surface area contributed by atoms with Crippen molar-refractivity contribution in [2.24, 2.45) is 0 Å². The highest BCUT2D eigenvalue weighted by Gasteiger charge is 2.35. The molecular formula is C22H21ClN4O5. The van der Waals surface area contributed by atoms with Gasteiger partial charge in [0, 0.05) is 24.2 Å². The lowest BCUT2D eigenvalue weighted by atomic mass is 10.1. The molecule has 1 aliphatic heterocycles. The minimum Gasteiger partial charge on any atom is -0.495 e. The molecule has 32 heavy (non-hydrogen) atoms. The summed E-state index contributed by atoms with van der Waals surface area (Å²) < 4.78 is 16.1. The number of hydrogen-bond donors (Lipinski definition) is 1. The van der Waals surface area contributed by atoms with E-state index in [9.17, 15) is 9.59 Å². The fourth-order valence-corrected chi connectivity index (χ4v) is 3.70. The van der Waals surface area contributed by atoms with E-state index in [1.165, 1.54) is 13.2 Å². The molecule has 9 nitrogen and oxygen atoms in total. The van der Waals surface area contributed by atoms with E-state index in [1.807, 2.05) is 31.2 Å². The maximum atomic E-state index is 12.5. The number of anilines is 2. The smallest absolute Gasteiger partial charge is 0.322 e. The third-order valence-corrected chi connectivity index (χ3v) is 5.30. The number of ether oxygens (including phenoxy) is 2. The van der Waals surface area contributed by atoms with E-state index in [2.05, 4.69) is 15.5 Å². The lowest BCUT2D eigenvalue weighted by Gasteiger charge is -2.16. The van der Waals surface area contributed by atoms with Gasteiger partial charge in [-0.2, -0.15) is 0 Å². The molecule has 0 unspecified atom stereocenters. The van der Waals surface area contributed by atoms with E-state index in [0.29, 0.717) is 29.5 Å². The standard InChI is InChI=1S/C22H21ClN4O5/c1-3-31-16-7-5-15(6-8-16)27-12-14(11-19(27)28)21-25-26-22(32-21)24-20(29)13-4-9-18(30-2)17(23)10-13/h4-10,14H,3,11-12H2,1-2H3,(H,24,26,29)/t14-/m0/s1. The Hall–Kier alpha value is -3.59. The Morgan fingerprint density at radius 3 is 2.72 bits per heavy atom. The van der Waals surface area contributed by atoms with Crippen LogP contribution in [0.3, 0.4) is 0 Å². The number of halogens is 1. The quantitative estimate of drug-likeness (QED) is 0.574. The zero-order valence-corrected chi connectivity index (χ0v) is 18.3. The van der Waals surface area contributed by atoms with Crippen LogP contribution in [0.5, 0.6) is 11.5 Å². The second-order valence-electron chi connectivity index (χ2n) is 7.08. The highest BCUT2D eigenvalue weighted by Crippen LogP contribution is 2.32. The van der Waals surface area contributed by atoms with Gasteiger partial charge in [0.2, 0.25) is 11.8 Å². The summed E-state index contributed by atoms with van der Waals surface area (Å²) in [5, 5.41) is 10.8. The van der Waals surface area contributed by atoms with Crippen LogP contribution in [0.25, 0.3) is 0 Å². The Morgan fingerprint density at radius 2 is 2.03 bits per heavy atom. The fraction of sp³-hybridized carbons (Fsp3) is 0.273. The fourth-order valence-electron chi connectivity index (χ4n) is 3.44. The van der Waals surface area contributed by atoms with Gasteiger partial charge in [-0.15, -0.1) is 5.10 Å². The number of aromatic nitrogens is 2. The van der Waals surface area contributed by atoms with Gasteiger partial charge >= 0.3 is 6.01 Å². The molecule has 0 bridgehead atoms. The van der Waals surface area contributed by atoms with Crippen LogP contribution < -0.4 is 19.7 Å². The van der Waals surface area contributed by atoms with Gasteiger partial charge in [0.25, 0.3) is 5.91 Å². The van der Waals surface area contributed by atoms with Crippen molar-refractivity contribution in [1.29, 1.82) is 0 Å². The van der Waals surface area contributed by atoms with E-state index >= 15 is 0 Å². The molecular weight excluding hydrogens is 436 g/mol. The molecule has 1 N–H and O–H groups in total. The number of benzene rings is 2. The molecule has 166 valence electrons. The van der Waals surface area contributed by atoms with Crippen LogP contribution in [0.4, 0.5) is 11.7 Å². The van der Waals surface area contributed by atoms with Crippen LogP contribution in [0.15, 0.2) is 46.9 Å². The highest BCUT2D eigenvalue weighted by atomic mass is 35.5. The molecule has 1 atom stereocenters. The molecule has 1 aromatic heterocycles. The lowest BCUT2D eigenvalue weighted by Crippen LogP contribution is -2.24. The summed E-state index contributed by atoms with van der Waals surface area (Å²) in [5.74, 6) is 0.720. The van der Waals surface area contributed by atoms with Gasteiger partial charge in [-0.1, -0.05) is 16.7 Å². The van der Waals surface area contributed by atoms with Crippen LogP contribution >= 0.6 is 11.6 Å². The monoisotopic (exact) mass is 456 g/mol. The summed E-state index contributed by atoms with van der Waals surface area (Å²) in [6.07, 6.45) is 0.233. The molecule has 4 rings (SSSR count). The molecule has 2 aromatic carbocycles. The number of methoxy groups -OCH3 is 1. The Kier molecular flexibility index (Phi) is 6.27. The summed E-state index contributed by atoms with van der Waals surface area (Å²) in [4.78, 5) is 26.7. The third-order valence-electron chi connectivity index (χ3n) is 5.01. The SMILES string of the molecule is CCOc1ccc(N2C[C@@H](c3nnc(NC(=O)c4ccc(OC)c(Cl)c4)o3)CC2=O)cc1. The Balaban J connectivity index is 1.41. The van der Waals surface area contributed by atoms with Crippen LogP contribution in [0.2, 0.25) is 5.02 Å². The van der Waals surface area contributed by atoms with Crippen LogP contribution in [0.1, 0.15) is 35.5 Å². The van der Waals surface area contributed by atoms with Crippen molar-refractivity contribution < 1.29 is 23.5 Å². The van der Waals surface area contributed by atoms with Crippen molar-refractivity contribution in [2.45, 2.75) is 19.3 Å². The van der Waals surface area contributed by atoms with E-state index in [4.69, 9.17) is 25.5 Å². The number of rotatable bonds is 7. The molecule has 10 heteroatoms. The number of nitrogens with one attached hydrogen (secondary N) is 1. The first-order valence-corrected chi connectivity index (χ1v) is 10.4. The molecule has 1 saturated heterocycles. The minimum absolute atomic E-state index is 0.0455. The zero-order valence-electron chi connectivity index (χ0n) is 17.5. The number of nitrogens with zero attached hydrogens (tertiary/aromatic N) is 3. The van der Waals surface area contributed by atoms with Crippen molar-refractivity contribution >= 4 is 35.1 Å². The first-order valence-electron chi connectivity index (χ1n) is 10.00. The zero-order chi connectivity index (χ0) is 22.7. The van der Waals surface area contributed by atoms with Gasteiger partial charge in [-0.3, -0.25) is 14.9 Å². The largest absolute Gasteiger partial charge is 0.495 e. The summed E-state index contributed by atoms with van der Waals surface area (Å²) in [6.45, 7) is 2.89. The molecule has 0 spiro atoms. The summed E-state index contributed by atoms with van der Waals surface area (Å²) >= 11 is 6.07. The van der Waals surface area contributed by atoms with Gasteiger partial charge in [0.15, 0.2) is 0 Å². The molecule has 3 aromatic rings. The average Bonchev–Trinajstić information content (AvgIpc) is 3.41. The average molecular weight is 457 g/mol. The van der Waals surface area contributed by atoms with E-state index < -0.39 is 5.91 Å². The van der Waals surface area contributed by atoms with Crippen molar-refractivity contribution in [2.75, 3.05) is 30.5 Å². The second kappa shape index (κ2) is 9.27. The first kappa shape index (κ1) is 21.6. The molecule has 2 amide bonds. The molecule has 0 aliphatic carbocycles. The molecule has 0 radical (unpaired) electrons. The molecule has 0 saturated carbocycles. The lowest BCUT2D eigenvalue weighted by molar-refractivity contribution is -0.117. The van der Waals surface area contributed by atoms with Crippen molar-refractivity contribution in [3.63, 3.8) is 0 Å². The van der Waals surface area contributed by atoms with E-state index in [-0.39, 0.29) is 30.2 Å². The van der Waals surface area contributed by atoms with Crippen LogP contribution in [0, 0.1) is 0 Å². The Morgan fingerprint density at radius 1 is 1.25 bits per heavy atom. The predicted molar refractivity (Wildman–Crippen MR) is 118 cm³/mol. The van der Waals surface area contributed by atoms with E-state index in [0.717, 1.165) is 11.4 Å². The van der Waals surface area contributed by atoms with Crippen molar-refractivity contribution in [1.82, 2.24) is 10.2 Å². The normalized spacial score (nSPS) is 15.7. The van der Waals surface area contributed by atoms with Gasteiger partial charge in [-0.05, 0) is 49.4 Å². The second-order valence-corrected chi connectivity index (χ2v) is 7.49. The van der Waals surface area contributed by atoms with Crippen LogP contribution in [-0.4, -0.2) is 42.3 Å². The van der Waals surface area contributed by atoms with E-state index in [1.54, 1.807) is 17.0 Å². The Labute approximate surface area is 189 Å². The minimum atomic E-state index is -0.455. The van der Waals surface area contributed by atoms with Crippen LogP contribution in [-0.2, 0) is 4.79 Å². The van der Waals surface area contributed by atoms with Gasteiger partial charge < -0.3 is 18.8 Å². The third kappa shape index (κ3) is 4.52. The number of amides is 2. The predicted octanol–water partition coefficient (Wildman–Crippen LogP) is 3.90. The summed E-state index contributed by atoms with van der Waals surface area (Å²) in [7, 11) is 1.49. The first-order chi connectivity index (χ1) is 15.5. The number of carbonyl (C=O) groups is 2. The molecule has 1 fully saturated rings. The summed E-state index contributed by atoms with van der Waals surface area (Å²) in [6, 6.07) is 11.9.